The number of aromatic hydroxyl groups is 1. The number of unbranched alkanes of at least 4 members (excludes halogenated alkanes) is 1. The molecule has 0 radical (unpaired) electrons. The Morgan fingerprint density at radius 1 is 0.973 bits per heavy atom. The van der Waals surface area contributed by atoms with Crippen molar-refractivity contribution in [2.45, 2.75) is 97.3 Å². The number of ether oxygens (including phenoxy) is 2. The number of phenols is 1. The van der Waals surface area contributed by atoms with Gasteiger partial charge in [-0.15, -0.1) is 11.3 Å². The minimum Gasteiger partial charge on any atom is -0.507 e. The van der Waals surface area contributed by atoms with Crippen LogP contribution < -0.4 is 25.2 Å². The first-order chi connectivity index (χ1) is 34.5. The number of aryl methyl sites for hydroxylation is 1. The van der Waals surface area contributed by atoms with Crippen molar-refractivity contribution < 1.29 is 52.0 Å². The van der Waals surface area contributed by atoms with Gasteiger partial charge in [-0.25, -0.2) is 4.98 Å². The summed E-state index contributed by atoms with van der Waals surface area (Å²) in [6.45, 7) is 10.9. The van der Waals surface area contributed by atoms with E-state index in [1.807, 2.05) is 31.2 Å². The molecule has 2 aliphatic heterocycles. The standard InChI is InChI=1S/C53H56F3N7O8S2/c1-31-45(73-30-59-31)34-11-9-32(10-12-34)27-58-47(67)42-24-38(64)28-61(42)48(68)46(51(2,3)4)60-44(66)29-70-21-7-8-22-71-39-19-20-40(43(65)25-39)33-13-16-36(17-14-33)63-50(72)62(49(69)52(63,5)6)37-18-15-35(26-57)41(23-37)53(54,55)56/h9-20,23,25,30,38,42,46,64-65H,7-8,21-22,24,27-29H2,1-6H3,(H,58,67)(H,60,66)/t38-,42+,46?/m1/s1. The van der Waals surface area contributed by atoms with Crippen LogP contribution in [0, 0.1) is 23.7 Å². The number of rotatable bonds is 17. The highest BCUT2D eigenvalue weighted by molar-refractivity contribution is 7.81. The van der Waals surface area contributed by atoms with Crippen molar-refractivity contribution in [2.75, 3.05) is 36.2 Å². The number of hydrogen-bond acceptors (Lipinski definition) is 12. The van der Waals surface area contributed by atoms with Gasteiger partial charge in [0.2, 0.25) is 17.7 Å². The molecule has 0 spiro atoms. The van der Waals surface area contributed by atoms with Gasteiger partial charge in [0.15, 0.2) is 5.11 Å². The number of amides is 4. The Morgan fingerprint density at radius 2 is 1.64 bits per heavy atom. The number of likely N-dealkylation sites (tertiary alicyclic amines) is 1. The highest BCUT2D eigenvalue weighted by atomic mass is 32.1. The zero-order valence-corrected chi connectivity index (χ0v) is 42.7. The molecule has 0 bridgehead atoms. The number of aliphatic hydroxyl groups excluding tert-OH is 1. The molecule has 2 aliphatic rings. The maximum atomic E-state index is 14.0. The fraction of sp³-hybridized carbons (Fsp3) is 0.377. The summed E-state index contributed by atoms with van der Waals surface area (Å²) in [5, 5.41) is 36.4. The van der Waals surface area contributed by atoms with Crippen molar-refractivity contribution in [2.24, 2.45) is 5.41 Å². The topological polar surface area (TPSA) is 198 Å². The van der Waals surface area contributed by atoms with Gasteiger partial charge in [0.1, 0.15) is 35.7 Å². The van der Waals surface area contributed by atoms with Gasteiger partial charge in [-0.05, 0) is 110 Å². The van der Waals surface area contributed by atoms with E-state index in [-0.39, 0.29) is 55.9 Å². The van der Waals surface area contributed by atoms with E-state index in [0.29, 0.717) is 35.4 Å². The third-order valence-electron chi connectivity index (χ3n) is 12.7. The van der Waals surface area contributed by atoms with Crippen LogP contribution in [0.3, 0.4) is 0 Å². The lowest BCUT2D eigenvalue weighted by Crippen LogP contribution is -2.58. The molecule has 1 aromatic heterocycles. The van der Waals surface area contributed by atoms with Gasteiger partial charge in [-0.3, -0.25) is 24.1 Å². The van der Waals surface area contributed by atoms with Crippen molar-refractivity contribution in [3.8, 4) is 39.1 Å². The van der Waals surface area contributed by atoms with Crippen molar-refractivity contribution in [1.29, 1.82) is 5.26 Å². The normalized spacial score (nSPS) is 17.1. The van der Waals surface area contributed by atoms with E-state index in [1.54, 1.807) is 87.9 Å². The van der Waals surface area contributed by atoms with Crippen LogP contribution in [0.25, 0.3) is 21.6 Å². The van der Waals surface area contributed by atoms with E-state index in [2.05, 4.69) is 15.6 Å². The SMILES string of the molecule is Cc1ncsc1-c1ccc(CNC(=O)[C@@H]2C[C@@H](O)CN2C(=O)C(NC(=O)COCCCCOc2ccc(-c3ccc(N4C(=S)N(c5ccc(C#N)c(C(F)(F)F)c5)C(=O)C4(C)C)cc3)c(O)c2)C(C)(C)C)cc1. The molecular weight excluding hydrogens is 984 g/mol. The minimum atomic E-state index is -4.83. The van der Waals surface area contributed by atoms with Crippen LogP contribution in [0.4, 0.5) is 24.5 Å². The summed E-state index contributed by atoms with van der Waals surface area (Å²) in [6.07, 6.45) is -4.58. The second kappa shape index (κ2) is 22.1. The lowest BCUT2D eigenvalue weighted by molar-refractivity contribution is -0.144. The first kappa shape index (κ1) is 53.9. The van der Waals surface area contributed by atoms with Gasteiger partial charge in [-0.2, -0.15) is 18.4 Å². The molecule has 4 N–H and O–H groups in total. The van der Waals surface area contributed by atoms with E-state index < -0.39 is 70.1 Å². The summed E-state index contributed by atoms with van der Waals surface area (Å²) in [4.78, 5) is 63.5. The predicted octanol–water partition coefficient (Wildman–Crippen LogP) is 8.28. The monoisotopic (exact) mass is 1040 g/mol. The smallest absolute Gasteiger partial charge is 0.417 e. The summed E-state index contributed by atoms with van der Waals surface area (Å²) in [6, 6.07) is 22.1. The summed E-state index contributed by atoms with van der Waals surface area (Å²) in [5.74, 6) is -1.60. The molecule has 4 aromatic carbocycles. The third-order valence-corrected chi connectivity index (χ3v) is 14.0. The number of halogens is 3. The van der Waals surface area contributed by atoms with Crippen molar-refractivity contribution in [3.05, 3.63) is 113 Å². The van der Waals surface area contributed by atoms with Gasteiger partial charge >= 0.3 is 6.18 Å². The van der Waals surface area contributed by atoms with Crippen LogP contribution in [0.5, 0.6) is 11.5 Å². The lowest BCUT2D eigenvalue weighted by Gasteiger charge is -2.35. The number of nitriles is 1. The Balaban J connectivity index is 0.855. The molecule has 15 nitrogen and oxygen atoms in total. The number of benzene rings is 4. The van der Waals surface area contributed by atoms with Crippen LogP contribution in [-0.4, -0.2) is 98.9 Å². The van der Waals surface area contributed by atoms with Crippen molar-refractivity contribution >= 4 is 63.7 Å². The zero-order chi connectivity index (χ0) is 53.0. The summed E-state index contributed by atoms with van der Waals surface area (Å²) in [7, 11) is 0. The molecule has 1 unspecified atom stereocenters. The largest absolute Gasteiger partial charge is 0.507 e. The Hall–Kier alpha value is -6.92. The van der Waals surface area contributed by atoms with Crippen molar-refractivity contribution in [1.82, 2.24) is 20.5 Å². The Labute approximate surface area is 430 Å². The van der Waals surface area contributed by atoms with E-state index in [9.17, 15) is 47.8 Å². The molecule has 0 aliphatic carbocycles. The van der Waals surface area contributed by atoms with Crippen LogP contribution in [0.1, 0.15) is 76.3 Å². The average Bonchev–Trinajstić information content (AvgIpc) is 4.01. The number of hydrogen-bond donors (Lipinski definition) is 4. The van der Waals surface area contributed by atoms with Gasteiger partial charge in [0.05, 0.1) is 51.7 Å². The van der Waals surface area contributed by atoms with Gasteiger partial charge in [0, 0.05) is 43.4 Å². The molecule has 4 amide bonds. The second-order valence-corrected chi connectivity index (χ2v) is 20.7. The molecule has 5 aromatic rings. The minimum absolute atomic E-state index is 0.0453. The highest BCUT2D eigenvalue weighted by Gasteiger charge is 2.51. The van der Waals surface area contributed by atoms with E-state index in [1.165, 1.54) is 28.0 Å². The molecule has 3 heterocycles. The van der Waals surface area contributed by atoms with Gasteiger partial charge in [-0.1, -0.05) is 57.2 Å². The molecule has 0 saturated carbocycles. The van der Waals surface area contributed by atoms with Gasteiger partial charge < -0.3 is 40.1 Å². The molecule has 73 heavy (non-hydrogen) atoms. The summed E-state index contributed by atoms with van der Waals surface area (Å²) < 4.78 is 52.8. The maximum Gasteiger partial charge on any atom is 0.417 e. The van der Waals surface area contributed by atoms with Crippen molar-refractivity contribution in [3.63, 3.8) is 0 Å². The zero-order valence-electron chi connectivity index (χ0n) is 41.1. The number of nitrogens with zero attached hydrogens (tertiary/aromatic N) is 5. The van der Waals surface area contributed by atoms with Crippen LogP contribution >= 0.6 is 23.6 Å². The quantitative estimate of drug-likeness (QED) is 0.0515. The number of thiazole rings is 1. The van der Waals surface area contributed by atoms with Crippen LogP contribution in [-0.2, 0) is 36.6 Å². The number of nitrogens with one attached hydrogen (secondary N) is 2. The lowest BCUT2D eigenvalue weighted by atomic mass is 9.85. The molecule has 3 atom stereocenters. The van der Waals surface area contributed by atoms with Crippen LogP contribution in [0.15, 0.2) is 90.4 Å². The number of phenolic OH excluding ortho intramolecular Hbond substituents is 1. The second-order valence-electron chi connectivity index (χ2n) is 19.4. The predicted molar refractivity (Wildman–Crippen MR) is 274 cm³/mol. The molecule has 2 fully saturated rings. The number of β-amino-alcohol motifs (C(OH)–C–C–N with tert-alkyl or cyclic N) is 1. The van der Waals surface area contributed by atoms with Crippen LogP contribution in [0.2, 0.25) is 0 Å². The van der Waals surface area contributed by atoms with E-state index in [4.69, 9.17) is 21.7 Å². The Morgan fingerprint density at radius 3 is 2.27 bits per heavy atom. The molecule has 384 valence electrons. The highest BCUT2D eigenvalue weighted by Crippen LogP contribution is 2.41. The van der Waals surface area contributed by atoms with E-state index in [0.717, 1.165) is 38.7 Å². The molecule has 2 saturated heterocycles. The number of carbonyl (C=O) groups excluding carboxylic acids is 4. The molecule has 20 heteroatoms. The fourth-order valence-corrected chi connectivity index (χ4v) is 10.1. The first-order valence-electron chi connectivity index (χ1n) is 23.5. The summed E-state index contributed by atoms with van der Waals surface area (Å²) >= 11 is 7.21. The molecule has 7 rings (SSSR count). The van der Waals surface area contributed by atoms with Gasteiger partial charge in [0.25, 0.3) is 5.91 Å². The number of aromatic nitrogens is 1. The first-order valence-corrected chi connectivity index (χ1v) is 24.8. The maximum absolute atomic E-state index is 14.0. The summed E-state index contributed by atoms with van der Waals surface area (Å²) in [5.41, 5.74) is 2.34. The fourth-order valence-electron chi connectivity index (χ4n) is 8.74. The molecular formula is C53H56F3N7O8S2. The Bertz CT molecular complexity index is 2920. The third kappa shape index (κ3) is 12.1. The number of anilines is 2. The van der Waals surface area contributed by atoms with E-state index >= 15 is 0 Å². The number of carbonyl (C=O) groups is 4. The average molecular weight is 1040 g/mol. The number of thiocarbonyl (C=S) groups is 1. The number of alkyl halides is 3. The number of aliphatic hydroxyl groups is 1. The Kier molecular flexibility index (Phi) is 16.3.